The lowest BCUT2D eigenvalue weighted by molar-refractivity contribution is -0.142. The van der Waals surface area contributed by atoms with Gasteiger partial charge in [-0.2, -0.15) is 0 Å². The van der Waals surface area contributed by atoms with Crippen molar-refractivity contribution in [3.05, 3.63) is 0 Å². The van der Waals surface area contributed by atoms with Gasteiger partial charge in [0, 0.05) is 0 Å². The number of amides is 1. The Morgan fingerprint density at radius 1 is 1.54 bits per heavy atom. The molecule has 0 aromatic rings. The molecule has 0 saturated carbocycles. The minimum atomic E-state index is -2.67. The highest BCUT2D eigenvalue weighted by Gasteiger charge is 2.44. The maximum Gasteiger partial charge on any atom is 0.252 e. The summed E-state index contributed by atoms with van der Waals surface area (Å²) in [7, 11) is 0. The van der Waals surface area contributed by atoms with Gasteiger partial charge in [-0.3, -0.25) is 10.2 Å². The molecule has 0 radical (unpaired) electrons. The predicted molar refractivity (Wildman–Crippen MR) is 46.0 cm³/mol. The zero-order valence-corrected chi connectivity index (χ0v) is 7.94. The van der Waals surface area contributed by atoms with Crippen LogP contribution in [-0.4, -0.2) is 12.3 Å². The average Bonchev–Trinajstić information content (AvgIpc) is 2.12. The van der Waals surface area contributed by atoms with Crippen LogP contribution < -0.4 is 11.3 Å². The number of nitrogens with one attached hydrogen (secondary N) is 1. The summed E-state index contributed by atoms with van der Waals surface area (Å²) in [5.41, 5.74) is 0.196. The summed E-state index contributed by atoms with van der Waals surface area (Å²) < 4.78 is 25.3. The van der Waals surface area contributed by atoms with E-state index in [9.17, 15) is 13.6 Å². The molecule has 0 heterocycles. The van der Waals surface area contributed by atoms with Crippen molar-refractivity contribution in [2.45, 2.75) is 39.5 Å². The van der Waals surface area contributed by atoms with Gasteiger partial charge in [-0.05, 0) is 12.8 Å². The van der Waals surface area contributed by atoms with E-state index < -0.39 is 17.7 Å². The van der Waals surface area contributed by atoms with Crippen LogP contribution in [0.1, 0.15) is 33.1 Å². The molecule has 78 valence electrons. The molecule has 0 aliphatic heterocycles. The molecule has 0 spiro atoms. The molecule has 0 bridgehead atoms. The summed E-state index contributed by atoms with van der Waals surface area (Å²) in [5, 5.41) is 0. The minimum Gasteiger partial charge on any atom is -0.294 e. The van der Waals surface area contributed by atoms with E-state index in [1.807, 2.05) is 0 Å². The van der Waals surface area contributed by atoms with E-state index in [-0.39, 0.29) is 12.8 Å². The molecule has 1 atom stereocenters. The van der Waals surface area contributed by atoms with Crippen molar-refractivity contribution in [3.8, 4) is 0 Å². The van der Waals surface area contributed by atoms with Crippen LogP contribution in [0.3, 0.4) is 0 Å². The molecule has 0 rings (SSSR count). The molecule has 13 heavy (non-hydrogen) atoms. The summed E-state index contributed by atoms with van der Waals surface area (Å²) in [4.78, 5) is 11.2. The fourth-order valence-corrected chi connectivity index (χ4v) is 1.40. The molecule has 0 saturated heterocycles. The molecule has 1 amide bonds. The quantitative estimate of drug-likeness (QED) is 0.395. The number of rotatable bonds is 5. The number of carbonyl (C=O) groups excluding carboxylic acids is 1. The molecule has 0 aromatic heterocycles. The SMILES string of the molecule is CCCC(CC)(C(=O)NN)C(F)F. The summed E-state index contributed by atoms with van der Waals surface area (Å²) in [6.45, 7) is 3.33. The molecular formula is C8H16F2N2O. The molecule has 5 heteroatoms. The number of nitrogens with two attached hydrogens (primary N) is 1. The van der Waals surface area contributed by atoms with Crippen molar-refractivity contribution >= 4 is 5.91 Å². The third-order valence-electron chi connectivity index (χ3n) is 2.33. The molecule has 0 aliphatic carbocycles. The zero-order chi connectivity index (χ0) is 10.5. The first-order valence-corrected chi connectivity index (χ1v) is 4.34. The van der Waals surface area contributed by atoms with Gasteiger partial charge in [0.2, 0.25) is 5.91 Å². The molecule has 1 unspecified atom stereocenters. The van der Waals surface area contributed by atoms with Crippen molar-refractivity contribution in [2.75, 3.05) is 0 Å². The van der Waals surface area contributed by atoms with Crippen LogP contribution in [-0.2, 0) is 4.79 Å². The Hall–Kier alpha value is -0.710. The highest BCUT2D eigenvalue weighted by atomic mass is 19.3. The second-order valence-corrected chi connectivity index (χ2v) is 3.03. The van der Waals surface area contributed by atoms with Crippen LogP contribution in [0.4, 0.5) is 8.78 Å². The summed E-state index contributed by atoms with van der Waals surface area (Å²) in [5.74, 6) is 4.10. The van der Waals surface area contributed by atoms with E-state index in [4.69, 9.17) is 5.84 Å². The summed E-state index contributed by atoms with van der Waals surface area (Å²) in [6, 6.07) is 0. The maximum absolute atomic E-state index is 12.7. The number of alkyl halides is 2. The van der Waals surface area contributed by atoms with Crippen molar-refractivity contribution in [2.24, 2.45) is 11.3 Å². The second kappa shape index (κ2) is 5.11. The van der Waals surface area contributed by atoms with E-state index in [0.29, 0.717) is 6.42 Å². The highest BCUT2D eigenvalue weighted by molar-refractivity contribution is 5.82. The number of hydrazine groups is 1. The first-order valence-electron chi connectivity index (χ1n) is 4.34. The van der Waals surface area contributed by atoms with Crippen LogP contribution in [0.5, 0.6) is 0 Å². The van der Waals surface area contributed by atoms with Gasteiger partial charge >= 0.3 is 0 Å². The molecule has 3 N–H and O–H groups in total. The van der Waals surface area contributed by atoms with Gasteiger partial charge in [0.05, 0.1) is 0 Å². The van der Waals surface area contributed by atoms with Crippen LogP contribution in [0.15, 0.2) is 0 Å². The van der Waals surface area contributed by atoms with Crippen LogP contribution in [0, 0.1) is 5.41 Å². The third kappa shape index (κ3) is 2.37. The Kier molecular flexibility index (Phi) is 4.83. The Balaban J connectivity index is 4.74. The van der Waals surface area contributed by atoms with E-state index in [0.717, 1.165) is 0 Å². The largest absolute Gasteiger partial charge is 0.294 e. The zero-order valence-electron chi connectivity index (χ0n) is 7.94. The normalized spacial score (nSPS) is 15.5. The first kappa shape index (κ1) is 12.3. The van der Waals surface area contributed by atoms with Gasteiger partial charge in [-0.25, -0.2) is 14.6 Å². The Morgan fingerprint density at radius 3 is 2.31 bits per heavy atom. The topological polar surface area (TPSA) is 55.1 Å². The van der Waals surface area contributed by atoms with Crippen LogP contribution in [0.2, 0.25) is 0 Å². The highest BCUT2D eigenvalue weighted by Crippen LogP contribution is 2.35. The Labute approximate surface area is 76.6 Å². The number of hydrogen-bond acceptors (Lipinski definition) is 2. The average molecular weight is 194 g/mol. The monoisotopic (exact) mass is 194 g/mol. The number of carbonyl (C=O) groups is 1. The molecular weight excluding hydrogens is 178 g/mol. The summed E-state index contributed by atoms with van der Waals surface area (Å²) in [6.07, 6.45) is -1.88. The maximum atomic E-state index is 12.7. The van der Waals surface area contributed by atoms with Crippen molar-refractivity contribution < 1.29 is 13.6 Å². The van der Waals surface area contributed by atoms with E-state index in [1.165, 1.54) is 0 Å². The van der Waals surface area contributed by atoms with Crippen LogP contribution >= 0.6 is 0 Å². The van der Waals surface area contributed by atoms with Gasteiger partial charge in [0.25, 0.3) is 6.43 Å². The number of halogens is 2. The Bertz CT molecular complexity index is 176. The molecule has 0 aromatic carbocycles. The fraction of sp³-hybridized carbons (Fsp3) is 0.875. The van der Waals surface area contributed by atoms with Crippen LogP contribution in [0.25, 0.3) is 0 Å². The Morgan fingerprint density at radius 2 is 2.08 bits per heavy atom. The van der Waals surface area contributed by atoms with E-state index in [2.05, 4.69) is 0 Å². The van der Waals surface area contributed by atoms with E-state index in [1.54, 1.807) is 19.3 Å². The molecule has 0 fully saturated rings. The predicted octanol–water partition coefficient (Wildman–Crippen LogP) is 1.44. The lowest BCUT2D eigenvalue weighted by Gasteiger charge is -2.29. The van der Waals surface area contributed by atoms with Gasteiger partial charge in [0.1, 0.15) is 5.41 Å². The smallest absolute Gasteiger partial charge is 0.252 e. The van der Waals surface area contributed by atoms with Crippen molar-refractivity contribution in [1.29, 1.82) is 0 Å². The molecule has 0 aliphatic rings. The van der Waals surface area contributed by atoms with Crippen molar-refractivity contribution in [1.82, 2.24) is 5.43 Å². The van der Waals surface area contributed by atoms with Crippen molar-refractivity contribution in [3.63, 3.8) is 0 Å². The fourth-order valence-electron chi connectivity index (χ4n) is 1.40. The van der Waals surface area contributed by atoms with Gasteiger partial charge < -0.3 is 0 Å². The van der Waals surface area contributed by atoms with Gasteiger partial charge in [-0.1, -0.05) is 20.3 Å². The standard InChI is InChI=1S/C8H16F2N2O/c1-3-5-8(4-2,6(9)10)7(13)12-11/h6H,3-5,11H2,1-2H3,(H,12,13). The second-order valence-electron chi connectivity index (χ2n) is 3.03. The molecule has 3 nitrogen and oxygen atoms in total. The minimum absolute atomic E-state index is 0.0987. The first-order chi connectivity index (χ1) is 6.05. The summed E-state index contributed by atoms with van der Waals surface area (Å²) >= 11 is 0. The van der Waals surface area contributed by atoms with Gasteiger partial charge in [-0.15, -0.1) is 0 Å². The number of hydrogen-bond donors (Lipinski definition) is 2. The third-order valence-corrected chi connectivity index (χ3v) is 2.33. The lowest BCUT2D eigenvalue weighted by atomic mass is 9.80. The lowest BCUT2D eigenvalue weighted by Crippen LogP contribution is -2.48. The van der Waals surface area contributed by atoms with E-state index >= 15 is 0 Å². The van der Waals surface area contributed by atoms with Gasteiger partial charge in [0.15, 0.2) is 0 Å².